The zero-order valence-corrected chi connectivity index (χ0v) is 16.7. The summed E-state index contributed by atoms with van der Waals surface area (Å²) in [6.07, 6.45) is 1.51. The molecule has 1 aromatic rings. The maximum absolute atomic E-state index is 13.2. The largest absolute Gasteiger partial charge is 0.371 e. The van der Waals surface area contributed by atoms with E-state index in [9.17, 15) is 4.79 Å². The third kappa shape index (κ3) is 3.30. The molecule has 3 aliphatic rings. The number of nitrogens with zero attached hydrogens (tertiary/aromatic N) is 4. The molecule has 0 radical (unpaired) electrons. The Balaban J connectivity index is 1.74. The maximum Gasteiger partial charge on any atom is 0.331 e. The Morgan fingerprint density at radius 1 is 1.25 bits per heavy atom. The number of hydrogen-bond acceptors (Lipinski definition) is 5. The van der Waals surface area contributed by atoms with Crippen LogP contribution in [-0.2, 0) is 24.2 Å². The highest BCUT2D eigenvalue weighted by Gasteiger charge is 2.32. The Kier molecular flexibility index (Phi) is 5.17. The van der Waals surface area contributed by atoms with Crippen LogP contribution in [0.4, 0.5) is 5.82 Å². The number of fused-ring (bicyclic) bond motifs is 3. The quantitative estimate of drug-likeness (QED) is 0.681. The van der Waals surface area contributed by atoms with Crippen molar-refractivity contribution in [1.82, 2.24) is 19.1 Å². The first-order valence-electron chi connectivity index (χ1n) is 10.0. The molecule has 0 spiro atoms. The molecule has 1 unspecified atom stereocenters. The van der Waals surface area contributed by atoms with Gasteiger partial charge in [-0.05, 0) is 32.3 Å². The molecule has 3 heterocycles. The second-order valence-corrected chi connectivity index (χ2v) is 7.28. The highest BCUT2D eigenvalue weighted by molar-refractivity contribution is 5.70. The Morgan fingerprint density at radius 3 is 2.75 bits per heavy atom. The fourth-order valence-corrected chi connectivity index (χ4v) is 3.88. The summed E-state index contributed by atoms with van der Waals surface area (Å²) in [5.41, 5.74) is 1.98. The molecule has 1 N–H and O–H groups in total. The first kappa shape index (κ1) is 18.7. The van der Waals surface area contributed by atoms with Crippen molar-refractivity contribution in [2.24, 2.45) is 0 Å². The molecule has 0 fully saturated rings. The summed E-state index contributed by atoms with van der Waals surface area (Å²) in [6.45, 7) is 7.81. The Bertz CT molecular complexity index is 979. The zero-order chi connectivity index (χ0) is 19.7. The van der Waals surface area contributed by atoms with Crippen LogP contribution in [0.15, 0.2) is 35.1 Å². The van der Waals surface area contributed by atoms with E-state index in [1.165, 1.54) is 5.56 Å². The fourth-order valence-electron chi connectivity index (χ4n) is 3.88. The van der Waals surface area contributed by atoms with Gasteiger partial charge < -0.3 is 10.1 Å². The summed E-state index contributed by atoms with van der Waals surface area (Å²) in [6, 6.07) is 10.5. The molecular formula is C21H27N5O2. The number of ether oxygens (including phenoxy) is 1. The average molecular weight is 381 g/mol. The molecule has 7 nitrogen and oxygen atoms in total. The highest BCUT2D eigenvalue weighted by Crippen LogP contribution is 2.32. The Morgan fingerprint density at radius 2 is 2.04 bits per heavy atom. The van der Waals surface area contributed by atoms with E-state index < -0.39 is 0 Å². The lowest BCUT2D eigenvalue weighted by atomic mass is 10.1. The van der Waals surface area contributed by atoms with E-state index in [2.05, 4.69) is 29.4 Å². The Hall–Kier alpha value is -2.67. The van der Waals surface area contributed by atoms with Gasteiger partial charge in [0, 0.05) is 25.7 Å². The number of nitrogens with one attached hydrogen (secondary N) is 1. The molecule has 0 aromatic heterocycles. The minimum atomic E-state index is -0.204. The lowest BCUT2D eigenvalue weighted by Gasteiger charge is -2.13. The molecule has 0 amide bonds. The van der Waals surface area contributed by atoms with Crippen LogP contribution in [0.3, 0.4) is 0 Å². The number of hydrogen-bond donors (Lipinski definition) is 1. The summed E-state index contributed by atoms with van der Waals surface area (Å²) in [4.78, 5) is 22.6. The summed E-state index contributed by atoms with van der Waals surface area (Å²) < 4.78 is 9.23. The van der Waals surface area contributed by atoms with Crippen LogP contribution in [0.2, 0.25) is 0 Å². The first-order chi connectivity index (χ1) is 13.6. The van der Waals surface area contributed by atoms with Crippen molar-refractivity contribution in [2.45, 2.75) is 58.8 Å². The molecule has 0 bridgehead atoms. The van der Waals surface area contributed by atoms with Crippen LogP contribution in [0.1, 0.15) is 44.7 Å². The second kappa shape index (κ2) is 7.75. The smallest absolute Gasteiger partial charge is 0.331 e. The third-order valence-electron chi connectivity index (χ3n) is 5.17. The number of aromatic nitrogens is 4. The minimum Gasteiger partial charge on any atom is -0.371 e. The van der Waals surface area contributed by atoms with Gasteiger partial charge in [0.05, 0.1) is 0 Å². The Labute approximate surface area is 164 Å². The molecular weight excluding hydrogens is 354 g/mol. The minimum absolute atomic E-state index is 0.0251. The lowest BCUT2D eigenvalue weighted by molar-refractivity contribution is 0.0708. The fraction of sp³-hybridized carbons (Fsp3) is 0.476. The average Bonchev–Trinajstić information content (AvgIpc) is 3.31. The summed E-state index contributed by atoms with van der Waals surface area (Å²) >= 11 is 0. The van der Waals surface area contributed by atoms with Gasteiger partial charge in [0.25, 0.3) is 0 Å². The molecule has 28 heavy (non-hydrogen) atoms. The molecule has 2 atom stereocenters. The van der Waals surface area contributed by atoms with E-state index in [0.29, 0.717) is 31.3 Å². The predicted octanol–water partition coefficient (Wildman–Crippen LogP) is 3.09. The van der Waals surface area contributed by atoms with Crippen molar-refractivity contribution >= 4 is 5.82 Å². The molecule has 0 aliphatic carbocycles. The molecule has 3 aliphatic heterocycles. The van der Waals surface area contributed by atoms with Crippen LogP contribution in [-0.4, -0.2) is 31.8 Å². The van der Waals surface area contributed by atoms with Crippen molar-refractivity contribution in [2.75, 3.05) is 11.9 Å². The SMILES string of the molecule is CCCn1c2nc([C@@H](C)OCC)nc-2c2n(c1=O)CC(Cc1ccccc1)N2. The number of imidazole rings is 1. The van der Waals surface area contributed by atoms with E-state index in [4.69, 9.17) is 9.72 Å². The maximum atomic E-state index is 13.2. The molecule has 7 heteroatoms. The van der Waals surface area contributed by atoms with Gasteiger partial charge in [-0.15, -0.1) is 0 Å². The summed E-state index contributed by atoms with van der Waals surface area (Å²) in [5.74, 6) is 2.05. The van der Waals surface area contributed by atoms with Crippen molar-refractivity contribution in [3.63, 3.8) is 0 Å². The second-order valence-electron chi connectivity index (χ2n) is 7.28. The molecule has 1 aromatic carbocycles. The van der Waals surface area contributed by atoms with Gasteiger partial charge in [-0.2, -0.15) is 0 Å². The lowest BCUT2D eigenvalue weighted by Crippen LogP contribution is -2.32. The molecule has 4 rings (SSSR count). The number of rotatable bonds is 7. The van der Waals surface area contributed by atoms with E-state index >= 15 is 0 Å². The summed E-state index contributed by atoms with van der Waals surface area (Å²) in [5, 5.41) is 3.53. The van der Waals surface area contributed by atoms with E-state index in [-0.39, 0.29) is 17.8 Å². The van der Waals surface area contributed by atoms with Crippen molar-refractivity contribution in [1.29, 1.82) is 0 Å². The van der Waals surface area contributed by atoms with Crippen molar-refractivity contribution < 1.29 is 4.74 Å². The first-order valence-corrected chi connectivity index (χ1v) is 10.0. The number of benzene rings is 1. The van der Waals surface area contributed by atoms with Gasteiger partial charge in [-0.1, -0.05) is 37.3 Å². The van der Waals surface area contributed by atoms with Crippen LogP contribution in [0.25, 0.3) is 11.5 Å². The summed E-state index contributed by atoms with van der Waals surface area (Å²) in [7, 11) is 0. The van der Waals surface area contributed by atoms with Crippen molar-refractivity contribution in [3.05, 3.63) is 52.2 Å². The monoisotopic (exact) mass is 381 g/mol. The molecule has 0 saturated carbocycles. The van der Waals surface area contributed by atoms with Crippen LogP contribution in [0.5, 0.6) is 0 Å². The number of anilines is 1. The van der Waals surface area contributed by atoms with Gasteiger partial charge >= 0.3 is 5.69 Å². The van der Waals surface area contributed by atoms with Crippen LogP contribution < -0.4 is 11.0 Å². The van der Waals surface area contributed by atoms with E-state index in [1.54, 1.807) is 4.57 Å². The van der Waals surface area contributed by atoms with E-state index in [0.717, 1.165) is 24.4 Å². The normalized spacial score (nSPS) is 16.9. The van der Waals surface area contributed by atoms with Gasteiger partial charge in [0.1, 0.15) is 17.6 Å². The van der Waals surface area contributed by atoms with Crippen LogP contribution >= 0.6 is 0 Å². The standard InChI is InChI=1S/C21H27N5O2/c1-4-11-25-20-17(23-18(24-20)14(3)28-5-2)19-22-16(13-26(19)21(25)27)12-15-9-7-6-8-10-15/h6-10,14,16,22H,4-5,11-13H2,1-3H3/t14-,16?/m1/s1. The van der Waals surface area contributed by atoms with Gasteiger partial charge in [-0.3, -0.25) is 9.13 Å². The van der Waals surface area contributed by atoms with Gasteiger partial charge in [0.2, 0.25) is 0 Å². The zero-order valence-electron chi connectivity index (χ0n) is 16.7. The molecule has 148 valence electrons. The topological polar surface area (TPSA) is 74.0 Å². The van der Waals surface area contributed by atoms with Crippen molar-refractivity contribution in [3.8, 4) is 11.5 Å². The highest BCUT2D eigenvalue weighted by atomic mass is 16.5. The predicted molar refractivity (Wildman–Crippen MR) is 109 cm³/mol. The van der Waals surface area contributed by atoms with Crippen LogP contribution in [0, 0.1) is 0 Å². The van der Waals surface area contributed by atoms with Gasteiger partial charge in [0.15, 0.2) is 11.6 Å². The molecule has 0 saturated heterocycles. The third-order valence-corrected chi connectivity index (χ3v) is 5.17. The van der Waals surface area contributed by atoms with Gasteiger partial charge in [-0.25, -0.2) is 14.8 Å². The van der Waals surface area contributed by atoms with E-state index in [1.807, 2.05) is 36.6 Å².